The monoisotopic (exact) mass is 279 g/mol. The maximum atomic E-state index is 11.4. The van der Waals surface area contributed by atoms with Crippen LogP contribution in [-0.2, 0) is 11.3 Å². The van der Waals surface area contributed by atoms with E-state index >= 15 is 0 Å². The van der Waals surface area contributed by atoms with Crippen LogP contribution in [0.5, 0.6) is 0 Å². The number of furan rings is 1. The van der Waals surface area contributed by atoms with E-state index < -0.39 is 5.97 Å². The molecule has 1 aromatic carbocycles. The van der Waals surface area contributed by atoms with Crippen LogP contribution in [-0.4, -0.2) is 13.1 Å². The van der Waals surface area contributed by atoms with E-state index in [1.54, 1.807) is 6.07 Å². The Balaban J connectivity index is 2.10. The zero-order valence-electron chi connectivity index (χ0n) is 10.7. The van der Waals surface area contributed by atoms with Gasteiger partial charge in [0.05, 0.1) is 24.1 Å². The van der Waals surface area contributed by atoms with E-state index in [0.717, 1.165) is 16.8 Å². The Bertz CT molecular complexity index is 592. The summed E-state index contributed by atoms with van der Waals surface area (Å²) in [6.45, 7) is 2.41. The van der Waals surface area contributed by atoms with Gasteiger partial charge in [-0.3, -0.25) is 0 Å². The fourth-order valence-corrected chi connectivity index (χ4v) is 2.00. The zero-order valence-corrected chi connectivity index (χ0v) is 11.5. The van der Waals surface area contributed by atoms with Crippen LogP contribution in [0.2, 0.25) is 5.02 Å². The minimum Gasteiger partial charge on any atom is -0.463 e. The lowest BCUT2D eigenvalue weighted by Gasteiger charge is -2.08. The van der Waals surface area contributed by atoms with Crippen molar-refractivity contribution in [2.75, 3.05) is 12.4 Å². The Hall–Kier alpha value is -1.94. The molecule has 0 fully saturated rings. The topological polar surface area (TPSA) is 51.5 Å². The molecular weight excluding hydrogens is 266 g/mol. The Kier molecular flexibility index (Phi) is 4.12. The molecule has 1 aromatic heterocycles. The minimum absolute atomic E-state index is 0.207. The largest absolute Gasteiger partial charge is 0.463 e. The van der Waals surface area contributed by atoms with Gasteiger partial charge in [0.1, 0.15) is 0 Å². The van der Waals surface area contributed by atoms with E-state index in [9.17, 15) is 4.79 Å². The molecule has 0 amide bonds. The average molecular weight is 280 g/mol. The molecule has 2 rings (SSSR count). The number of hydrogen-bond donors (Lipinski definition) is 1. The van der Waals surface area contributed by atoms with Crippen LogP contribution in [0.25, 0.3) is 0 Å². The molecule has 0 spiro atoms. The standard InChI is InChI=1S/C14H14ClNO3/c1-9-3-4-12(11(15)7-9)16-8-10-5-6-19-13(10)14(17)18-2/h3-7,16H,8H2,1-2H3. The molecule has 1 heterocycles. The van der Waals surface area contributed by atoms with Crippen molar-refractivity contribution in [1.29, 1.82) is 0 Å². The summed E-state index contributed by atoms with van der Waals surface area (Å²) in [5.74, 6) is -0.282. The van der Waals surface area contributed by atoms with Gasteiger partial charge in [-0.05, 0) is 30.7 Å². The molecule has 0 aliphatic heterocycles. The quantitative estimate of drug-likeness (QED) is 0.868. The van der Waals surface area contributed by atoms with Crippen LogP contribution in [0.4, 0.5) is 5.69 Å². The number of nitrogens with one attached hydrogen (secondary N) is 1. The fraction of sp³-hybridized carbons (Fsp3) is 0.214. The number of methoxy groups -OCH3 is 1. The smallest absolute Gasteiger partial charge is 0.374 e. The van der Waals surface area contributed by atoms with Crippen molar-refractivity contribution in [1.82, 2.24) is 0 Å². The van der Waals surface area contributed by atoms with Crippen LogP contribution in [0.15, 0.2) is 34.9 Å². The number of halogens is 1. The maximum absolute atomic E-state index is 11.4. The summed E-state index contributed by atoms with van der Waals surface area (Å²) in [6, 6.07) is 7.46. The molecule has 0 unspecified atom stereocenters. The molecule has 0 atom stereocenters. The van der Waals surface area contributed by atoms with E-state index in [0.29, 0.717) is 11.6 Å². The molecule has 0 saturated heterocycles. The SMILES string of the molecule is COC(=O)c1occc1CNc1ccc(C)cc1Cl. The highest BCUT2D eigenvalue weighted by atomic mass is 35.5. The first-order valence-corrected chi connectivity index (χ1v) is 6.14. The first kappa shape index (κ1) is 13.5. The van der Waals surface area contributed by atoms with E-state index in [-0.39, 0.29) is 5.76 Å². The lowest BCUT2D eigenvalue weighted by molar-refractivity contribution is 0.0563. The maximum Gasteiger partial charge on any atom is 0.374 e. The number of ether oxygens (including phenoxy) is 1. The summed E-state index contributed by atoms with van der Waals surface area (Å²) in [7, 11) is 1.32. The lowest BCUT2D eigenvalue weighted by Crippen LogP contribution is -2.07. The van der Waals surface area contributed by atoms with Gasteiger partial charge in [-0.15, -0.1) is 0 Å². The van der Waals surface area contributed by atoms with Gasteiger partial charge in [-0.1, -0.05) is 17.7 Å². The zero-order chi connectivity index (χ0) is 13.8. The normalized spacial score (nSPS) is 10.3. The van der Waals surface area contributed by atoms with Gasteiger partial charge in [0.2, 0.25) is 5.76 Å². The van der Waals surface area contributed by atoms with E-state index in [1.807, 2.05) is 25.1 Å². The van der Waals surface area contributed by atoms with Crippen LogP contribution < -0.4 is 5.32 Å². The third-order valence-electron chi connectivity index (χ3n) is 2.71. The molecule has 100 valence electrons. The number of carbonyl (C=O) groups excluding carboxylic acids is 1. The molecule has 0 aliphatic rings. The number of aryl methyl sites for hydroxylation is 1. The van der Waals surface area contributed by atoms with Crippen LogP contribution in [0, 0.1) is 6.92 Å². The van der Waals surface area contributed by atoms with Gasteiger partial charge >= 0.3 is 5.97 Å². The van der Waals surface area contributed by atoms with Crippen LogP contribution >= 0.6 is 11.6 Å². The van der Waals surface area contributed by atoms with Crippen LogP contribution in [0.1, 0.15) is 21.7 Å². The molecule has 0 saturated carbocycles. The molecule has 1 N–H and O–H groups in total. The first-order valence-electron chi connectivity index (χ1n) is 5.76. The molecule has 0 bridgehead atoms. The van der Waals surface area contributed by atoms with Crippen molar-refractivity contribution < 1.29 is 13.9 Å². The van der Waals surface area contributed by atoms with Gasteiger partial charge in [-0.2, -0.15) is 0 Å². The van der Waals surface area contributed by atoms with Crippen molar-refractivity contribution >= 4 is 23.3 Å². The number of anilines is 1. The Morgan fingerprint density at radius 1 is 1.42 bits per heavy atom. The Morgan fingerprint density at radius 3 is 2.89 bits per heavy atom. The van der Waals surface area contributed by atoms with Gasteiger partial charge in [0.25, 0.3) is 0 Å². The number of hydrogen-bond acceptors (Lipinski definition) is 4. The van der Waals surface area contributed by atoms with E-state index in [4.69, 9.17) is 16.0 Å². The number of esters is 1. The predicted octanol–water partition coefficient (Wildman–Crippen LogP) is 3.64. The highest BCUT2D eigenvalue weighted by Crippen LogP contribution is 2.24. The summed E-state index contributed by atoms with van der Waals surface area (Å²) < 4.78 is 9.75. The summed E-state index contributed by atoms with van der Waals surface area (Å²) in [6.07, 6.45) is 1.46. The highest BCUT2D eigenvalue weighted by molar-refractivity contribution is 6.33. The van der Waals surface area contributed by atoms with Crippen molar-refractivity contribution in [2.24, 2.45) is 0 Å². The van der Waals surface area contributed by atoms with E-state index in [2.05, 4.69) is 10.1 Å². The molecule has 5 heteroatoms. The summed E-state index contributed by atoms with van der Waals surface area (Å²) >= 11 is 6.12. The third kappa shape index (κ3) is 3.09. The van der Waals surface area contributed by atoms with Crippen molar-refractivity contribution in [2.45, 2.75) is 13.5 Å². The summed E-state index contributed by atoms with van der Waals surface area (Å²) in [4.78, 5) is 11.4. The number of rotatable bonds is 4. The molecule has 0 radical (unpaired) electrons. The van der Waals surface area contributed by atoms with E-state index in [1.165, 1.54) is 13.4 Å². The third-order valence-corrected chi connectivity index (χ3v) is 3.02. The Labute approximate surface area is 116 Å². The van der Waals surface area contributed by atoms with Crippen molar-refractivity contribution in [3.05, 3.63) is 52.4 Å². The molecule has 0 aliphatic carbocycles. The van der Waals surface area contributed by atoms with Gasteiger partial charge in [-0.25, -0.2) is 4.79 Å². The minimum atomic E-state index is -0.489. The molecule has 4 nitrogen and oxygen atoms in total. The van der Waals surface area contributed by atoms with Gasteiger partial charge in [0, 0.05) is 12.1 Å². The summed E-state index contributed by atoms with van der Waals surface area (Å²) in [5, 5.41) is 3.80. The van der Waals surface area contributed by atoms with Crippen LogP contribution in [0.3, 0.4) is 0 Å². The highest BCUT2D eigenvalue weighted by Gasteiger charge is 2.15. The predicted molar refractivity (Wildman–Crippen MR) is 73.6 cm³/mol. The average Bonchev–Trinajstić information content (AvgIpc) is 2.85. The fourth-order valence-electron chi connectivity index (χ4n) is 1.70. The lowest BCUT2D eigenvalue weighted by atomic mass is 10.2. The second-order valence-electron chi connectivity index (χ2n) is 4.10. The second kappa shape index (κ2) is 5.80. The number of benzene rings is 1. The Morgan fingerprint density at radius 2 is 2.21 bits per heavy atom. The van der Waals surface area contributed by atoms with Gasteiger partial charge in [0.15, 0.2) is 0 Å². The van der Waals surface area contributed by atoms with Gasteiger partial charge < -0.3 is 14.5 Å². The second-order valence-corrected chi connectivity index (χ2v) is 4.51. The van der Waals surface area contributed by atoms with Crippen molar-refractivity contribution in [3.8, 4) is 0 Å². The molecule has 19 heavy (non-hydrogen) atoms. The number of carbonyl (C=O) groups is 1. The molecule has 2 aromatic rings. The summed E-state index contributed by atoms with van der Waals surface area (Å²) in [5.41, 5.74) is 2.63. The van der Waals surface area contributed by atoms with Crippen molar-refractivity contribution in [3.63, 3.8) is 0 Å². The molecular formula is C14H14ClNO3. The first-order chi connectivity index (χ1) is 9.11.